The van der Waals surface area contributed by atoms with Crippen LogP contribution in [0.5, 0.6) is 0 Å². The first-order valence-corrected chi connectivity index (χ1v) is 15.5. The van der Waals surface area contributed by atoms with E-state index in [9.17, 15) is 0 Å². The van der Waals surface area contributed by atoms with Crippen LogP contribution in [0.4, 0.5) is 0 Å². The Morgan fingerprint density at radius 3 is 1.48 bits per heavy atom. The maximum absolute atomic E-state index is 6.04. The monoisotopic (exact) mass is 380 g/mol. The molecule has 0 rings (SSSR count). The summed E-state index contributed by atoms with van der Waals surface area (Å²) in [4.78, 5) is 0. The Morgan fingerprint density at radius 2 is 1.17 bits per heavy atom. The van der Waals surface area contributed by atoms with Gasteiger partial charge in [-0.2, -0.15) is 11.2 Å². The smallest absolute Gasteiger partial charge is 0.374 e. The molecule has 0 N–H and O–H groups in total. The van der Waals surface area contributed by atoms with Crippen LogP contribution in [-0.4, -0.2) is 41.6 Å². The first-order valence-electron chi connectivity index (χ1n) is 8.90. The van der Waals surface area contributed by atoms with Crippen LogP contribution in [-0.2, 0) is 13.3 Å². The van der Waals surface area contributed by atoms with E-state index in [-0.39, 0.29) is 5.41 Å². The number of rotatable bonds is 11. The largest absolute Gasteiger partial charge is 0.501 e. The second-order valence-electron chi connectivity index (χ2n) is 8.37. The average molecular weight is 381 g/mol. The molecule has 0 fully saturated rings. The van der Waals surface area contributed by atoms with Crippen molar-refractivity contribution in [3.8, 4) is 0 Å². The highest BCUT2D eigenvalue weighted by atomic mass is 32.4. The zero-order chi connectivity index (χ0) is 18.4. The SMILES string of the molecule is CCO[Si](CC(C)(C)CS[Si](C)(C)C(C)(C)C)(OCC)OCC. The highest BCUT2D eigenvalue weighted by Gasteiger charge is 2.46. The van der Waals surface area contributed by atoms with Gasteiger partial charge in [0.15, 0.2) is 0 Å². The maximum Gasteiger partial charge on any atom is 0.501 e. The summed E-state index contributed by atoms with van der Waals surface area (Å²) < 4.78 is 18.1. The van der Waals surface area contributed by atoms with Gasteiger partial charge in [-0.05, 0) is 37.0 Å². The van der Waals surface area contributed by atoms with E-state index in [1.807, 2.05) is 20.8 Å². The summed E-state index contributed by atoms with van der Waals surface area (Å²) in [5.74, 6) is 1.13. The second-order valence-corrected chi connectivity index (χ2v) is 20.0. The van der Waals surface area contributed by atoms with Crippen molar-refractivity contribution in [2.45, 2.75) is 79.6 Å². The lowest BCUT2D eigenvalue weighted by atomic mass is 10.00. The van der Waals surface area contributed by atoms with Gasteiger partial charge >= 0.3 is 8.80 Å². The van der Waals surface area contributed by atoms with Gasteiger partial charge in [-0.25, -0.2) is 0 Å². The van der Waals surface area contributed by atoms with Gasteiger partial charge in [0.25, 0.3) is 0 Å². The number of hydrogen-bond donors (Lipinski definition) is 0. The molecule has 6 heteroatoms. The minimum absolute atomic E-state index is 0.145. The van der Waals surface area contributed by atoms with Crippen LogP contribution in [0, 0.1) is 5.41 Å². The summed E-state index contributed by atoms with van der Waals surface area (Å²) in [6, 6.07) is 0.886. The molecule has 23 heavy (non-hydrogen) atoms. The second kappa shape index (κ2) is 9.39. The molecule has 0 unspecified atom stereocenters. The van der Waals surface area contributed by atoms with Crippen LogP contribution in [0.1, 0.15) is 55.4 Å². The summed E-state index contributed by atoms with van der Waals surface area (Å²) in [6.45, 7) is 24.8. The van der Waals surface area contributed by atoms with E-state index in [0.29, 0.717) is 24.9 Å². The van der Waals surface area contributed by atoms with E-state index < -0.39 is 16.0 Å². The zero-order valence-corrected chi connectivity index (χ0v) is 20.0. The molecule has 0 aliphatic carbocycles. The molecule has 0 bridgehead atoms. The van der Waals surface area contributed by atoms with Crippen LogP contribution in [0.2, 0.25) is 24.2 Å². The lowest BCUT2D eigenvalue weighted by Crippen LogP contribution is -2.49. The molecule has 0 aliphatic rings. The predicted molar refractivity (Wildman–Crippen MR) is 109 cm³/mol. The third-order valence-corrected chi connectivity index (χ3v) is 17.7. The molecule has 0 heterocycles. The molecule has 0 spiro atoms. The van der Waals surface area contributed by atoms with Gasteiger partial charge in [-0.1, -0.05) is 47.7 Å². The lowest BCUT2D eigenvalue weighted by molar-refractivity contribution is 0.0633. The van der Waals surface area contributed by atoms with E-state index in [2.05, 4.69) is 58.9 Å². The Balaban J connectivity index is 5.02. The first-order chi connectivity index (χ1) is 10.3. The Bertz CT molecular complexity index is 324. The van der Waals surface area contributed by atoms with Gasteiger partial charge in [0, 0.05) is 25.9 Å². The highest BCUT2D eigenvalue weighted by Crippen LogP contribution is 2.46. The van der Waals surface area contributed by atoms with E-state index in [1.54, 1.807) is 0 Å². The van der Waals surface area contributed by atoms with Crippen molar-refractivity contribution in [1.82, 2.24) is 0 Å². The van der Waals surface area contributed by atoms with Crippen LogP contribution in [0.3, 0.4) is 0 Å². The molecule has 0 aromatic carbocycles. The third kappa shape index (κ3) is 8.05. The van der Waals surface area contributed by atoms with Gasteiger partial charge in [-0.15, -0.1) is 0 Å². The van der Waals surface area contributed by atoms with Gasteiger partial charge < -0.3 is 13.3 Å². The quantitative estimate of drug-likeness (QED) is 0.423. The summed E-state index contributed by atoms with van der Waals surface area (Å²) in [7, 11) is -3.91. The van der Waals surface area contributed by atoms with Crippen molar-refractivity contribution >= 4 is 27.2 Å². The summed E-state index contributed by atoms with van der Waals surface area (Å²) in [5.41, 5.74) is 0.145. The highest BCUT2D eigenvalue weighted by molar-refractivity contribution is 8.29. The lowest BCUT2D eigenvalue weighted by Gasteiger charge is -2.40. The molecule has 3 nitrogen and oxygen atoms in total. The first kappa shape index (κ1) is 23.7. The van der Waals surface area contributed by atoms with E-state index in [4.69, 9.17) is 13.3 Å². The molecule has 0 amide bonds. The fraction of sp³-hybridized carbons (Fsp3) is 1.00. The average Bonchev–Trinajstić information content (AvgIpc) is 2.36. The normalized spacial score (nSPS) is 14.3. The Labute approximate surface area is 151 Å². The van der Waals surface area contributed by atoms with Crippen molar-refractivity contribution in [3.05, 3.63) is 0 Å². The van der Waals surface area contributed by atoms with Gasteiger partial charge in [0.2, 0.25) is 0 Å². The molecule has 0 saturated carbocycles. The van der Waals surface area contributed by atoms with Crippen molar-refractivity contribution in [2.75, 3.05) is 25.6 Å². The van der Waals surface area contributed by atoms with Crippen LogP contribution in [0.25, 0.3) is 0 Å². The van der Waals surface area contributed by atoms with Crippen molar-refractivity contribution in [3.63, 3.8) is 0 Å². The topological polar surface area (TPSA) is 27.7 Å². The minimum Gasteiger partial charge on any atom is -0.374 e. The van der Waals surface area contributed by atoms with Crippen LogP contribution < -0.4 is 0 Å². The van der Waals surface area contributed by atoms with E-state index in [0.717, 1.165) is 11.8 Å². The van der Waals surface area contributed by atoms with Crippen LogP contribution >= 0.6 is 11.2 Å². The fourth-order valence-corrected chi connectivity index (χ4v) is 10.4. The minimum atomic E-state index is -2.57. The molecule has 0 saturated heterocycles. The summed E-state index contributed by atoms with van der Waals surface area (Å²) >= 11 is 2.18. The van der Waals surface area contributed by atoms with E-state index in [1.165, 1.54) is 0 Å². The van der Waals surface area contributed by atoms with Gasteiger partial charge in [0.05, 0.1) is 0 Å². The Hall–Kier alpha value is 0.664. The van der Waals surface area contributed by atoms with E-state index >= 15 is 0 Å². The molecule has 0 radical (unpaired) electrons. The zero-order valence-electron chi connectivity index (χ0n) is 17.2. The standard InChI is InChI=1S/C17H40O3SSi2/c1-11-18-23(19-12-2,20-13-3)15-17(7,8)14-21-22(9,10)16(4,5)6/h11-15H2,1-10H3. The molecule has 0 aliphatic heterocycles. The Morgan fingerprint density at radius 1 is 0.783 bits per heavy atom. The van der Waals surface area contributed by atoms with Crippen molar-refractivity contribution in [2.24, 2.45) is 5.41 Å². The fourth-order valence-electron chi connectivity index (χ4n) is 2.17. The molecule has 0 aromatic heterocycles. The van der Waals surface area contributed by atoms with Crippen molar-refractivity contribution < 1.29 is 13.3 Å². The molecule has 140 valence electrons. The molecular weight excluding hydrogens is 340 g/mol. The number of hydrogen-bond acceptors (Lipinski definition) is 4. The predicted octanol–water partition coefficient (Wildman–Crippen LogP) is 5.80. The molecule has 0 atom stereocenters. The van der Waals surface area contributed by atoms with Crippen molar-refractivity contribution in [1.29, 1.82) is 0 Å². The van der Waals surface area contributed by atoms with Crippen LogP contribution in [0.15, 0.2) is 0 Å². The van der Waals surface area contributed by atoms with Gasteiger partial charge in [-0.3, -0.25) is 0 Å². The maximum atomic E-state index is 6.04. The Kier molecular flexibility index (Phi) is 9.66. The van der Waals surface area contributed by atoms with Gasteiger partial charge in [0.1, 0.15) is 7.22 Å². The molecular formula is C17H40O3SSi2. The third-order valence-electron chi connectivity index (χ3n) is 4.42. The summed E-state index contributed by atoms with van der Waals surface area (Å²) in [6.07, 6.45) is 0. The summed E-state index contributed by atoms with van der Waals surface area (Å²) in [5, 5.41) is 0.405. The molecule has 0 aromatic rings.